The molecule has 0 spiro atoms. The molecule has 1 aliphatic rings. The monoisotopic (exact) mass is 351 g/mol. The van der Waals surface area contributed by atoms with Gasteiger partial charge in [0.2, 0.25) is 10.0 Å². The first-order chi connectivity index (χ1) is 10.3. The number of aliphatic carboxylic acids is 1. The highest BCUT2D eigenvalue weighted by atomic mass is 35.5. The number of rotatable bonds is 5. The number of hydrogen-bond acceptors (Lipinski definition) is 4. The summed E-state index contributed by atoms with van der Waals surface area (Å²) < 4.78 is 45.5. The summed E-state index contributed by atoms with van der Waals surface area (Å²) in [6.07, 6.45) is 0.367. The molecule has 2 N–H and O–H groups in total. The fraction of sp³-hybridized carbons (Fsp3) is 0.462. The Balaban J connectivity index is 2.21. The van der Waals surface area contributed by atoms with Gasteiger partial charge in [-0.15, -0.1) is 0 Å². The molecule has 1 aromatic carbocycles. The van der Waals surface area contributed by atoms with Gasteiger partial charge in [-0.05, 0) is 25.0 Å². The molecule has 6 nitrogen and oxygen atoms in total. The van der Waals surface area contributed by atoms with Gasteiger partial charge in [0, 0.05) is 19.8 Å². The van der Waals surface area contributed by atoms with Gasteiger partial charge in [0.05, 0.1) is 10.4 Å². The molecule has 0 bridgehead atoms. The average Bonchev–Trinajstić information content (AvgIpc) is 2.49. The van der Waals surface area contributed by atoms with E-state index in [-0.39, 0.29) is 37.6 Å². The number of nitrogens with one attached hydrogen (secondary N) is 1. The van der Waals surface area contributed by atoms with Crippen molar-refractivity contribution >= 4 is 27.6 Å². The van der Waals surface area contributed by atoms with Crippen LogP contribution in [0.2, 0.25) is 5.02 Å². The lowest BCUT2D eigenvalue weighted by Gasteiger charge is -2.33. The summed E-state index contributed by atoms with van der Waals surface area (Å²) in [7, 11) is -4.20. The molecule has 0 unspecified atom stereocenters. The van der Waals surface area contributed by atoms with Crippen molar-refractivity contribution in [3.05, 3.63) is 29.0 Å². The van der Waals surface area contributed by atoms with Gasteiger partial charge in [-0.25, -0.2) is 17.5 Å². The van der Waals surface area contributed by atoms with Crippen LogP contribution in [0.3, 0.4) is 0 Å². The highest BCUT2D eigenvalue weighted by Crippen LogP contribution is 2.31. The van der Waals surface area contributed by atoms with E-state index in [0.29, 0.717) is 0 Å². The molecule has 1 saturated heterocycles. The largest absolute Gasteiger partial charge is 0.481 e. The summed E-state index contributed by atoms with van der Waals surface area (Å²) >= 11 is 5.57. The van der Waals surface area contributed by atoms with Gasteiger partial charge in [-0.1, -0.05) is 17.7 Å². The Morgan fingerprint density at radius 2 is 2.05 bits per heavy atom. The highest BCUT2D eigenvalue weighted by Gasteiger charge is 2.41. The van der Waals surface area contributed by atoms with Gasteiger partial charge in [0.1, 0.15) is 4.90 Å². The Bertz CT molecular complexity index is 673. The maximum Gasteiger partial charge on any atom is 0.311 e. The Morgan fingerprint density at radius 3 is 2.64 bits per heavy atom. The molecule has 0 aliphatic carbocycles. The minimum absolute atomic E-state index is 0.183. The second-order valence-corrected chi connectivity index (χ2v) is 7.22. The molecule has 1 aromatic rings. The number of hydrogen-bond donors (Lipinski definition) is 2. The van der Waals surface area contributed by atoms with Crippen LogP contribution in [0.15, 0.2) is 23.1 Å². The molecular formula is C13H15ClFNO5S. The van der Waals surface area contributed by atoms with Gasteiger partial charge >= 0.3 is 5.97 Å². The van der Waals surface area contributed by atoms with E-state index >= 15 is 0 Å². The molecule has 0 radical (unpaired) electrons. The van der Waals surface area contributed by atoms with E-state index in [2.05, 4.69) is 4.72 Å². The predicted octanol–water partition coefficient (Wildman–Crippen LogP) is 1.64. The van der Waals surface area contributed by atoms with Crippen molar-refractivity contribution in [3.63, 3.8) is 0 Å². The number of halogens is 2. The molecule has 0 aromatic heterocycles. The fourth-order valence-corrected chi connectivity index (χ4v) is 3.69. The second-order valence-electron chi connectivity index (χ2n) is 5.07. The number of carboxylic acid groups (broad SMARTS) is 1. The summed E-state index contributed by atoms with van der Waals surface area (Å²) in [6.45, 7) is 0.138. The normalized spacial score (nSPS) is 18.1. The quantitative estimate of drug-likeness (QED) is 0.841. The Hall–Kier alpha value is -1.22. The van der Waals surface area contributed by atoms with Crippen LogP contribution in [0.4, 0.5) is 4.39 Å². The molecule has 1 aliphatic heterocycles. The zero-order chi connectivity index (χ0) is 16.4. The molecule has 9 heteroatoms. The SMILES string of the molecule is O=C(O)C1(CNS(=O)(=O)c2cccc(Cl)c2F)CCOCC1. The third kappa shape index (κ3) is 3.40. The van der Waals surface area contributed by atoms with Gasteiger partial charge < -0.3 is 9.84 Å². The van der Waals surface area contributed by atoms with Crippen LogP contribution < -0.4 is 4.72 Å². The topological polar surface area (TPSA) is 92.7 Å². The van der Waals surface area contributed by atoms with Crippen LogP contribution in [0, 0.1) is 11.2 Å². The van der Waals surface area contributed by atoms with Crippen LogP contribution in [-0.4, -0.2) is 39.3 Å². The number of benzene rings is 1. The Morgan fingerprint density at radius 1 is 1.41 bits per heavy atom. The number of carbonyl (C=O) groups is 1. The molecular weight excluding hydrogens is 337 g/mol. The third-order valence-corrected chi connectivity index (χ3v) is 5.42. The minimum Gasteiger partial charge on any atom is -0.481 e. The first-order valence-electron chi connectivity index (χ1n) is 6.53. The van der Waals surface area contributed by atoms with Crippen molar-refractivity contribution < 1.29 is 27.4 Å². The van der Waals surface area contributed by atoms with Gasteiger partial charge in [-0.3, -0.25) is 4.79 Å². The summed E-state index contributed by atoms with van der Waals surface area (Å²) in [6, 6.07) is 3.61. The van der Waals surface area contributed by atoms with E-state index < -0.39 is 32.1 Å². The highest BCUT2D eigenvalue weighted by molar-refractivity contribution is 7.89. The van der Waals surface area contributed by atoms with Crippen LogP contribution >= 0.6 is 11.6 Å². The molecule has 0 atom stereocenters. The van der Waals surface area contributed by atoms with E-state index in [1.165, 1.54) is 12.1 Å². The molecule has 1 heterocycles. The van der Waals surface area contributed by atoms with Crippen molar-refractivity contribution in [1.82, 2.24) is 4.72 Å². The van der Waals surface area contributed by atoms with E-state index in [1.54, 1.807) is 0 Å². The van der Waals surface area contributed by atoms with Crippen molar-refractivity contribution in [2.45, 2.75) is 17.7 Å². The molecule has 2 rings (SSSR count). The minimum atomic E-state index is -4.20. The first-order valence-corrected chi connectivity index (χ1v) is 8.39. The maximum atomic E-state index is 13.8. The third-order valence-electron chi connectivity index (χ3n) is 3.71. The molecule has 0 amide bonds. The zero-order valence-corrected chi connectivity index (χ0v) is 13.1. The second kappa shape index (κ2) is 6.49. The van der Waals surface area contributed by atoms with Crippen molar-refractivity contribution in [3.8, 4) is 0 Å². The maximum absolute atomic E-state index is 13.8. The summed E-state index contributed by atoms with van der Waals surface area (Å²) in [5, 5.41) is 9.05. The Kier molecular flexibility index (Phi) is 5.06. The lowest BCUT2D eigenvalue weighted by molar-refractivity contribution is -0.154. The van der Waals surface area contributed by atoms with Crippen LogP contribution in [0.5, 0.6) is 0 Å². The zero-order valence-electron chi connectivity index (χ0n) is 11.5. The lowest BCUT2D eigenvalue weighted by Crippen LogP contribution is -2.46. The smallest absolute Gasteiger partial charge is 0.311 e. The molecule has 1 fully saturated rings. The number of sulfonamides is 1. The van der Waals surface area contributed by atoms with Crippen LogP contribution in [0.25, 0.3) is 0 Å². The fourth-order valence-electron chi connectivity index (χ4n) is 2.23. The summed E-state index contributed by atoms with van der Waals surface area (Å²) in [5.74, 6) is -2.17. The van der Waals surface area contributed by atoms with Crippen molar-refractivity contribution in [2.24, 2.45) is 5.41 Å². The van der Waals surface area contributed by atoms with Crippen molar-refractivity contribution in [1.29, 1.82) is 0 Å². The van der Waals surface area contributed by atoms with Crippen LogP contribution in [0.1, 0.15) is 12.8 Å². The summed E-state index contributed by atoms with van der Waals surface area (Å²) in [5.41, 5.74) is -1.25. The average molecular weight is 352 g/mol. The van der Waals surface area contributed by atoms with Gasteiger partial charge in [0.25, 0.3) is 0 Å². The molecule has 0 saturated carbocycles. The van der Waals surface area contributed by atoms with E-state index in [4.69, 9.17) is 16.3 Å². The summed E-state index contributed by atoms with van der Waals surface area (Å²) in [4.78, 5) is 10.9. The number of carboxylic acids is 1. The van der Waals surface area contributed by atoms with E-state index in [9.17, 15) is 22.7 Å². The number of ether oxygens (including phenoxy) is 1. The van der Waals surface area contributed by atoms with Gasteiger partial charge in [0.15, 0.2) is 5.82 Å². The molecule has 122 valence electrons. The van der Waals surface area contributed by atoms with E-state index in [0.717, 1.165) is 6.07 Å². The predicted molar refractivity (Wildman–Crippen MR) is 76.7 cm³/mol. The lowest BCUT2D eigenvalue weighted by atomic mass is 9.80. The molecule has 22 heavy (non-hydrogen) atoms. The van der Waals surface area contributed by atoms with Crippen LogP contribution in [-0.2, 0) is 19.6 Å². The standard InChI is InChI=1S/C13H15ClFNO5S/c14-9-2-1-3-10(11(9)15)22(19,20)16-8-13(12(17)18)4-6-21-7-5-13/h1-3,16H,4-8H2,(H,17,18). The first kappa shape index (κ1) is 17.1. The Labute approximate surface area is 132 Å². The van der Waals surface area contributed by atoms with Crippen molar-refractivity contribution in [2.75, 3.05) is 19.8 Å². The van der Waals surface area contributed by atoms with Gasteiger partial charge in [-0.2, -0.15) is 0 Å². The van der Waals surface area contributed by atoms with E-state index in [1.807, 2.05) is 0 Å².